The molecule has 86 valence electrons. The Morgan fingerprint density at radius 1 is 1.31 bits per heavy atom. The summed E-state index contributed by atoms with van der Waals surface area (Å²) in [7, 11) is 0. The second kappa shape index (κ2) is 6.98. The molecule has 0 amide bonds. The molecule has 1 atom stereocenters. The van der Waals surface area contributed by atoms with E-state index in [-0.39, 0.29) is 5.25 Å². The van der Waals surface area contributed by atoms with Gasteiger partial charge in [0.25, 0.3) is 0 Å². The molecule has 16 heavy (non-hydrogen) atoms. The predicted molar refractivity (Wildman–Crippen MR) is 73.5 cm³/mol. The van der Waals surface area contributed by atoms with E-state index in [1.54, 1.807) is 11.8 Å². The van der Waals surface area contributed by atoms with E-state index in [0.29, 0.717) is 5.92 Å². The third kappa shape index (κ3) is 3.54. The average Bonchev–Trinajstić information content (AvgIpc) is 2.31. The van der Waals surface area contributed by atoms with Crippen LogP contribution in [0, 0.1) is 17.2 Å². The lowest BCUT2D eigenvalue weighted by atomic mass is 10.0. The molecule has 3 heteroatoms. The molecular weight excluding hydrogens is 282 g/mol. The summed E-state index contributed by atoms with van der Waals surface area (Å²) >= 11 is 5.18. The van der Waals surface area contributed by atoms with E-state index in [9.17, 15) is 5.26 Å². The van der Waals surface area contributed by atoms with Crippen LogP contribution >= 0.6 is 27.7 Å². The standard InChI is InChI=1S/C13H16BrNS/c1-3-10(4-2)13(9-15)16-12-8-6-5-7-11(12)14/h5-8,10,13H,3-4H2,1-2H3. The van der Waals surface area contributed by atoms with Gasteiger partial charge in [-0.1, -0.05) is 38.8 Å². The fourth-order valence-electron chi connectivity index (χ4n) is 1.62. The van der Waals surface area contributed by atoms with Crippen molar-refractivity contribution in [1.82, 2.24) is 0 Å². The van der Waals surface area contributed by atoms with E-state index in [4.69, 9.17) is 0 Å². The van der Waals surface area contributed by atoms with Crippen molar-refractivity contribution in [3.8, 4) is 6.07 Å². The number of nitrogens with zero attached hydrogens (tertiary/aromatic N) is 1. The molecule has 0 spiro atoms. The summed E-state index contributed by atoms with van der Waals surface area (Å²) in [4.78, 5) is 1.15. The molecule has 1 unspecified atom stereocenters. The summed E-state index contributed by atoms with van der Waals surface area (Å²) < 4.78 is 1.08. The summed E-state index contributed by atoms with van der Waals surface area (Å²) in [6, 6.07) is 10.5. The van der Waals surface area contributed by atoms with Gasteiger partial charge in [-0.15, -0.1) is 11.8 Å². The van der Waals surface area contributed by atoms with Crippen LogP contribution in [0.2, 0.25) is 0 Å². The first-order valence-electron chi connectivity index (χ1n) is 5.53. The molecule has 0 radical (unpaired) electrons. The molecule has 1 aromatic carbocycles. The van der Waals surface area contributed by atoms with E-state index in [1.165, 1.54) is 0 Å². The summed E-state index contributed by atoms with van der Waals surface area (Å²) in [6.07, 6.45) is 2.12. The molecule has 1 nitrogen and oxygen atoms in total. The molecule has 0 heterocycles. The van der Waals surface area contributed by atoms with Crippen molar-refractivity contribution in [3.63, 3.8) is 0 Å². The van der Waals surface area contributed by atoms with Gasteiger partial charge in [0.1, 0.15) is 0 Å². The fourth-order valence-corrected chi connectivity index (χ4v) is 3.43. The van der Waals surface area contributed by atoms with Crippen LogP contribution in [0.15, 0.2) is 33.6 Å². The van der Waals surface area contributed by atoms with E-state index in [0.717, 1.165) is 22.2 Å². The van der Waals surface area contributed by atoms with Crippen molar-refractivity contribution in [2.24, 2.45) is 5.92 Å². The molecule has 0 fully saturated rings. The maximum absolute atomic E-state index is 9.22. The van der Waals surface area contributed by atoms with Crippen LogP contribution in [0.4, 0.5) is 0 Å². The molecule has 0 bridgehead atoms. The highest BCUT2D eigenvalue weighted by Crippen LogP contribution is 2.35. The summed E-state index contributed by atoms with van der Waals surface area (Å²) in [5.74, 6) is 0.474. The molecule has 1 rings (SSSR count). The lowest BCUT2D eigenvalue weighted by Gasteiger charge is -2.18. The van der Waals surface area contributed by atoms with Gasteiger partial charge in [-0.25, -0.2) is 0 Å². The van der Waals surface area contributed by atoms with Crippen molar-refractivity contribution < 1.29 is 0 Å². The number of hydrogen-bond donors (Lipinski definition) is 0. The van der Waals surface area contributed by atoms with Gasteiger partial charge in [0.2, 0.25) is 0 Å². The smallest absolute Gasteiger partial charge is 0.0991 e. The summed E-state index contributed by atoms with van der Waals surface area (Å²) in [6.45, 7) is 4.30. The number of nitriles is 1. The molecule has 0 aliphatic carbocycles. The van der Waals surface area contributed by atoms with Gasteiger partial charge in [0.15, 0.2) is 0 Å². The SMILES string of the molecule is CCC(CC)C(C#N)Sc1ccccc1Br. The van der Waals surface area contributed by atoms with Gasteiger partial charge in [0, 0.05) is 9.37 Å². The molecule has 0 saturated carbocycles. The van der Waals surface area contributed by atoms with Crippen molar-refractivity contribution in [2.45, 2.75) is 36.8 Å². The zero-order chi connectivity index (χ0) is 12.0. The van der Waals surface area contributed by atoms with Crippen LogP contribution < -0.4 is 0 Å². The summed E-state index contributed by atoms with van der Waals surface area (Å²) in [5.41, 5.74) is 0. The molecule has 0 saturated heterocycles. The molecule has 0 N–H and O–H groups in total. The van der Waals surface area contributed by atoms with E-state index >= 15 is 0 Å². The first-order chi connectivity index (χ1) is 7.72. The Balaban J connectivity index is 2.79. The van der Waals surface area contributed by atoms with E-state index in [2.05, 4.69) is 41.9 Å². The maximum atomic E-state index is 9.22. The predicted octanol–water partition coefficient (Wildman–Crippen LogP) is 4.87. The van der Waals surface area contributed by atoms with Gasteiger partial charge in [-0.05, 0) is 34.0 Å². The topological polar surface area (TPSA) is 23.8 Å². The Kier molecular flexibility index (Phi) is 5.94. The minimum Gasteiger partial charge on any atom is -0.197 e. The molecule has 0 aliphatic rings. The molecular formula is C13H16BrNS. The number of benzene rings is 1. The molecule has 1 aromatic rings. The second-order valence-electron chi connectivity index (χ2n) is 3.67. The Morgan fingerprint density at radius 3 is 2.44 bits per heavy atom. The fraction of sp³-hybridized carbons (Fsp3) is 0.462. The summed E-state index contributed by atoms with van der Waals surface area (Å²) in [5, 5.41) is 9.27. The van der Waals surface area contributed by atoms with Crippen LogP contribution in [0.1, 0.15) is 26.7 Å². The Morgan fingerprint density at radius 2 is 1.94 bits per heavy atom. The third-order valence-corrected chi connectivity index (χ3v) is 5.00. The highest BCUT2D eigenvalue weighted by Gasteiger charge is 2.19. The van der Waals surface area contributed by atoms with Crippen molar-refractivity contribution >= 4 is 27.7 Å². The zero-order valence-corrected chi connectivity index (χ0v) is 12.0. The number of thioether (sulfide) groups is 1. The minimum atomic E-state index is 0.0497. The second-order valence-corrected chi connectivity index (χ2v) is 5.71. The van der Waals surface area contributed by atoms with Crippen LogP contribution in [-0.2, 0) is 0 Å². The van der Waals surface area contributed by atoms with E-state index in [1.807, 2.05) is 18.2 Å². The van der Waals surface area contributed by atoms with Crippen LogP contribution in [0.25, 0.3) is 0 Å². The number of rotatable bonds is 5. The van der Waals surface area contributed by atoms with Crippen LogP contribution in [0.3, 0.4) is 0 Å². The Labute approximate surface area is 110 Å². The average molecular weight is 298 g/mol. The van der Waals surface area contributed by atoms with E-state index < -0.39 is 0 Å². The normalized spacial score (nSPS) is 12.4. The maximum Gasteiger partial charge on any atom is 0.0991 e. The van der Waals surface area contributed by atoms with Gasteiger partial charge >= 0.3 is 0 Å². The Hall–Kier alpha value is -0.460. The van der Waals surface area contributed by atoms with Crippen LogP contribution in [0.5, 0.6) is 0 Å². The quantitative estimate of drug-likeness (QED) is 0.724. The van der Waals surface area contributed by atoms with Gasteiger partial charge in [0.05, 0.1) is 11.3 Å². The minimum absolute atomic E-state index is 0.0497. The number of halogens is 1. The van der Waals surface area contributed by atoms with Gasteiger partial charge in [-0.3, -0.25) is 0 Å². The molecule has 0 aliphatic heterocycles. The monoisotopic (exact) mass is 297 g/mol. The highest BCUT2D eigenvalue weighted by molar-refractivity contribution is 9.10. The van der Waals surface area contributed by atoms with Crippen molar-refractivity contribution in [3.05, 3.63) is 28.7 Å². The Bertz CT molecular complexity index is 368. The van der Waals surface area contributed by atoms with Gasteiger partial charge in [-0.2, -0.15) is 5.26 Å². The molecule has 0 aromatic heterocycles. The highest BCUT2D eigenvalue weighted by atomic mass is 79.9. The third-order valence-electron chi connectivity index (χ3n) is 2.69. The lowest BCUT2D eigenvalue weighted by molar-refractivity contribution is 0.514. The van der Waals surface area contributed by atoms with Gasteiger partial charge < -0.3 is 0 Å². The number of hydrogen-bond acceptors (Lipinski definition) is 2. The van der Waals surface area contributed by atoms with Crippen molar-refractivity contribution in [2.75, 3.05) is 0 Å². The lowest BCUT2D eigenvalue weighted by Crippen LogP contribution is -2.13. The van der Waals surface area contributed by atoms with Crippen LogP contribution in [-0.4, -0.2) is 5.25 Å². The first-order valence-corrected chi connectivity index (χ1v) is 7.21. The largest absolute Gasteiger partial charge is 0.197 e. The van der Waals surface area contributed by atoms with Crippen molar-refractivity contribution in [1.29, 1.82) is 5.26 Å². The first kappa shape index (κ1) is 13.6. The zero-order valence-electron chi connectivity index (χ0n) is 9.61.